The van der Waals surface area contributed by atoms with Crippen molar-refractivity contribution < 1.29 is 14.3 Å². The van der Waals surface area contributed by atoms with Crippen LogP contribution < -0.4 is 5.32 Å². The SMILES string of the molecule is COC(=O)C1CCNC(=O)C12CC2. The summed E-state index contributed by atoms with van der Waals surface area (Å²) in [4.78, 5) is 22.9. The molecule has 1 unspecified atom stereocenters. The monoisotopic (exact) mass is 183 g/mol. The van der Waals surface area contributed by atoms with Gasteiger partial charge in [-0.05, 0) is 19.3 Å². The molecule has 1 aliphatic heterocycles. The van der Waals surface area contributed by atoms with Gasteiger partial charge in [-0.25, -0.2) is 0 Å². The summed E-state index contributed by atoms with van der Waals surface area (Å²) in [6.07, 6.45) is 2.38. The van der Waals surface area contributed by atoms with Crippen molar-refractivity contribution in [2.75, 3.05) is 13.7 Å². The fourth-order valence-electron chi connectivity index (χ4n) is 2.14. The molecule has 13 heavy (non-hydrogen) atoms. The molecule has 1 spiro atoms. The second kappa shape index (κ2) is 2.72. The van der Waals surface area contributed by atoms with Gasteiger partial charge in [0.25, 0.3) is 0 Å². The summed E-state index contributed by atoms with van der Waals surface area (Å²) < 4.78 is 4.69. The summed E-state index contributed by atoms with van der Waals surface area (Å²) in [5.74, 6) is -0.396. The number of hydrogen-bond acceptors (Lipinski definition) is 3. The molecule has 1 saturated carbocycles. The topological polar surface area (TPSA) is 55.4 Å². The molecule has 0 bridgehead atoms. The molecule has 4 nitrogen and oxygen atoms in total. The Kier molecular flexibility index (Phi) is 1.78. The molecule has 0 aromatic rings. The van der Waals surface area contributed by atoms with Crippen molar-refractivity contribution in [2.24, 2.45) is 11.3 Å². The highest BCUT2D eigenvalue weighted by Gasteiger charge is 2.59. The van der Waals surface area contributed by atoms with Gasteiger partial charge < -0.3 is 10.1 Å². The number of methoxy groups -OCH3 is 1. The molecule has 1 N–H and O–H groups in total. The molecule has 1 heterocycles. The fraction of sp³-hybridized carbons (Fsp3) is 0.778. The second-order valence-corrected chi connectivity index (χ2v) is 3.78. The third kappa shape index (κ3) is 1.12. The van der Waals surface area contributed by atoms with E-state index in [1.54, 1.807) is 0 Å². The molecule has 1 aliphatic carbocycles. The Balaban J connectivity index is 2.18. The lowest BCUT2D eigenvalue weighted by molar-refractivity contribution is -0.153. The molecule has 0 aromatic carbocycles. The van der Waals surface area contributed by atoms with Crippen LogP contribution in [0.25, 0.3) is 0 Å². The predicted molar refractivity (Wildman–Crippen MR) is 44.8 cm³/mol. The number of amides is 1. The average molecular weight is 183 g/mol. The third-order valence-electron chi connectivity index (χ3n) is 3.11. The Morgan fingerprint density at radius 1 is 1.62 bits per heavy atom. The molecule has 1 saturated heterocycles. The summed E-state index contributed by atoms with van der Waals surface area (Å²) in [5.41, 5.74) is -0.397. The van der Waals surface area contributed by atoms with Gasteiger partial charge >= 0.3 is 5.97 Å². The van der Waals surface area contributed by atoms with Crippen LogP contribution in [0.2, 0.25) is 0 Å². The van der Waals surface area contributed by atoms with E-state index in [4.69, 9.17) is 4.74 Å². The zero-order valence-corrected chi connectivity index (χ0v) is 7.63. The first-order valence-electron chi connectivity index (χ1n) is 4.57. The molecule has 1 amide bonds. The van der Waals surface area contributed by atoms with Crippen molar-refractivity contribution in [1.82, 2.24) is 5.32 Å². The van der Waals surface area contributed by atoms with E-state index >= 15 is 0 Å². The lowest BCUT2D eigenvalue weighted by Crippen LogP contribution is -2.46. The summed E-state index contributed by atoms with van der Waals surface area (Å²) in [6, 6.07) is 0. The Labute approximate surface area is 76.6 Å². The van der Waals surface area contributed by atoms with E-state index in [-0.39, 0.29) is 17.8 Å². The average Bonchev–Trinajstić information content (AvgIpc) is 2.91. The van der Waals surface area contributed by atoms with Crippen molar-refractivity contribution in [1.29, 1.82) is 0 Å². The Morgan fingerprint density at radius 2 is 2.31 bits per heavy atom. The minimum absolute atomic E-state index is 0.0363. The van der Waals surface area contributed by atoms with Crippen molar-refractivity contribution in [3.8, 4) is 0 Å². The van der Waals surface area contributed by atoms with E-state index in [9.17, 15) is 9.59 Å². The van der Waals surface area contributed by atoms with E-state index in [1.807, 2.05) is 0 Å². The van der Waals surface area contributed by atoms with Crippen molar-refractivity contribution >= 4 is 11.9 Å². The summed E-state index contributed by atoms with van der Waals surface area (Å²) >= 11 is 0. The maximum atomic E-state index is 11.5. The van der Waals surface area contributed by atoms with E-state index in [0.717, 1.165) is 19.3 Å². The van der Waals surface area contributed by atoms with Gasteiger partial charge in [0.05, 0.1) is 18.4 Å². The maximum absolute atomic E-state index is 11.5. The first-order valence-corrected chi connectivity index (χ1v) is 4.57. The molecule has 2 aliphatic rings. The number of carbonyl (C=O) groups is 2. The fourth-order valence-corrected chi connectivity index (χ4v) is 2.14. The quantitative estimate of drug-likeness (QED) is 0.585. The van der Waals surface area contributed by atoms with Crippen LogP contribution in [0, 0.1) is 11.3 Å². The summed E-state index contributed by atoms with van der Waals surface area (Å²) in [5, 5.41) is 2.80. The largest absolute Gasteiger partial charge is 0.469 e. The van der Waals surface area contributed by atoms with Crippen LogP contribution in [0.4, 0.5) is 0 Å². The lowest BCUT2D eigenvalue weighted by Gasteiger charge is -2.28. The van der Waals surface area contributed by atoms with Crippen molar-refractivity contribution in [2.45, 2.75) is 19.3 Å². The number of rotatable bonds is 1. The van der Waals surface area contributed by atoms with Crippen LogP contribution in [0.5, 0.6) is 0 Å². The third-order valence-corrected chi connectivity index (χ3v) is 3.11. The highest BCUT2D eigenvalue weighted by atomic mass is 16.5. The van der Waals surface area contributed by atoms with E-state index < -0.39 is 5.41 Å². The second-order valence-electron chi connectivity index (χ2n) is 3.78. The zero-order chi connectivity index (χ0) is 9.47. The van der Waals surface area contributed by atoms with Crippen LogP contribution in [-0.4, -0.2) is 25.5 Å². The first kappa shape index (κ1) is 8.53. The van der Waals surface area contributed by atoms with Gasteiger partial charge in [0.1, 0.15) is 0 Å². The van der Waals surface area contributed by atoms with Gasteiger partial charge in [0.2, 0.25) is 5.91 Å². The Bertz CT molecular complexity index is 258. The van der Waals surface area contributed by atoms with Crippen LogP contribution in [0.15, 0.2) is 0 Å². The molecule has 1 atom stereocenters. The molecule has 0 radical (unpaired) electrons. The minimum Gasteiger partial charge on any atom is -0.469 e. The molecule has 4 heteroatoms. The van der Waals surface area contributed by atoms with Crippen molar-refractivity contribution in [3.63, 3.8) is 0 Å². The summed E-state index contributed by atoms with van der Waals surface area (Å²) in [6.45, 7) is 0.598. The van der Waals surface area contributed by atoms with Gasteiger partial charge in [-0.3, -0.25) is 9.59 Å². The first-order chi connectivity index (χ1) is 6.20. The van der Waals surface area contributed by atoms with E-state index in [2.05, 4.69) is 5.32 Å². The van der Waals surface area contributed by atoms with Crippen LogP contribution >= 0.6 is 0 Å². The predicted octanol–water partition coefficient (Wildman–Crippen LogP) is 0.0757. The standard InChI is InChI=1S/C9H13NO3/c1-13-7(11)6-2-5-10-8(12)9(6)3-4-9/h6H,2-5H2,1H3,(H,10,12). The number of esters is 1. The molecule has 0 aromatic heterocycles. The van der Waals surface area contributed by atoms with E-state index in [0.29, 0.717) is 6.54 Å². The number of carbonyl (C=O) groups excluding carboxylic acids is 2. The van der Waals surface area contributed by atoms with Gasteiger partial charge in [0.15, 0.2) is 0 Å². The highest BCUT2D eigenvalue weighted by molar-refractivity contribution is 5.92. The van der Waals surface area contributed by atoms with Gasteiger partial charge in [-0.15, -0.1) is 0 Å². The molecule has 72 valence electrons. The van der Waals surface area contributed by atoms with Gasteiger partial charge in [0, 0.05) is 6.54 Å². The minimum atomic E-state index is -0.397. The Hall–Kier alpha value is -1.06. The van der Waals surface area contributed by atoms with Crippen LogP contribution in [0.3, 0.4) is 0 Å². The molecule has 2 rings (SSSR count). The smallest absolute Gasteiger partial charge is 0.309 e. The molecular weight excluding hydrogens is 170 g/mol. The summed E-state index contributed by atoms with van der Waals surface area (Å²) in [7, 11) is 1.38. The maximum Gasteiger partial charge on any atom is 0.309 e. The van der Waals surface area contributed by atoms with Crippen LogP contribution in [-0.2, 0) is 14.3 Å². The van der Waals surface area contributed by atoms with E-state index in [1.165, 1.54) is 7.11 Å². The lowest BCUT2D eigenvalue weighted by atomic mass is 9.83. The zero-order valence-electron chi connectivity index (χ0n) is 7.63. The molecule has 2 fully saturated rings. The number of ether oxygens (including phenoxy) is 1. The van der Waals surface area contributed by atoms with Gasteiger partial charge in [-0.2, -0.15) is 0 Å². The number of nitrogens with one attached hydrogen (secondary N) is 1. The molecular formula is C9H13NO3. The van der Waals surface area contributed by atoms with Crippen molar-refractivity contribution in [3.05, 3.63) is 0 Å². The van der Waals surface area contributed by atoms with Gasteiger partial charge in [-0.1, -0.05) is 0 Å². The Morgan fingerprint density at radius 3 is 2.85 bits per heavy atom. The highest BCUT2D eigenvalue weighted by Crippen LogP contribution is 2.55. The number of piperidine rings is 1. The number of hydrogen-bond donors (Lipinski definition) is 1. The normalized spacial score (nSPS) is 29.6. The van der Waals surface area contributed by atoms with Crippen LogP contribution in [0.1, 0.15) is 19.3 Å².